The Balaban J connectivity index is 1.09. The lowest BCUT2D eigenvalue weighted by molar-refractivity contribution is 0.669. The smallest absolute Gasteiger partial charge is 0.164 e. The predicted octanol–water partition coefficient (Wildman–Crippen LogP) is 14.4. The highest BCUT2D eigenvalue weighted by Crippen LogP contribution is 2.40. The quantitative estimate of drug-likeness (QED) is 0.169. The first kappa shape index (κ1) is 33.9. The second-order valence-corrected chi connectivity index (χ2v) is 15.2. The SMILES string of the molecule is c1ccc(-c2ccc(-c3cc(-c4nc(-c5ccccc5)nc(-c5ccc6oc7ccccc7c6c5)n4)ccc3-n3c4ccccc4c4cc5ccccc5cc43)cc2)cc1. The topological polar surface area (TPSA) is 56.7 Å². The highest BCUT2D eigenvalue weighted by atomic mass is 16.3. The minimum Gasteiger partial charge on any atom is -0.456 e. The maximum atomic E-state index is 6.18. The van der Waals surface area contributed by atoms with E-state index in [1.54, 1.807) is 0 Å². The molecule has 0 radical (unpaired) electrons. The van der Waals surface area contributed by atoms with Crippen LogP contribution in [0.1, 0.15) is 0 Å². The Morgan fingerprint density at radius 1 is 0.317 bits per heavy atom. The van der Waals surface area contributed by atoms with E-state index in [2.05, 4.69) is 150 Å². The first-order valence-electron chi connectivity index (χ1n) is 20.2. The number of fused-ring (bicyclic) bond motifs is 7. The highest BCUT2D eigenvalue weighted by Gasteiger charge is 2.20. The maximum absolute atomic E-state index is 6.18. The highest BCUT2D eigenvalue weighted by molar-refractivity contribution is 6.14. The second-order valence-electron chi connectivity index (χ2n) is 15.2. The van der Waals surface area contributed by atoms with E-state index in [0.29, 0.717) is 17.5 Å². The number of nitrogens with zero attached hydrogens (tertiary/aromatic N) is 4. The number of aromatic nitrogens is 4. The molecule has 0 aliphatic carbocycles. The number of furan rings is 1. The van der Waals surface area contributed by atoms with E-state index in [9.17, 15) is 0 Å². The zero-order valence-electron chi connectivity index (χ0n) is 32.3. The van der Waals surface area contributed by atoms with Gasteiger partial charge in [0.15, 0.2) is 17.5 Å². The molecule has 60 heavy (non-hydrogen) atoms. The molecule has 0 N–H and O–H groups in total. The van der Waals surface area contributed by atoms with Crippen molar-refractivity contribution in [1.82, 2.24) is 19.5 Å². The Bertz CT molecular complexity index is 3590. The van der Waals surface area contributed by atoms with Crippen molar-refractivity contribution in [1.29, 1.82) is 0 Å². The summed E-state index contributed by atoms with van der Waals surface area (Å²) in [4.78, 5) is 15.5. The molecule has 0 unspecified atom stereocenters. The van der Waals surface area contributed by atoms with Gasteiger partial charge in [-0.15, -0.1) is 0 Å². The molecule has 5 nitrogen and oxygen atoms in total. The number of hydrogen-bond acceptors (Lipinski definition) is 4. The van der Waals surface area contributed by atoms with Crippen molar-refractivity contribution in [3.8, 4) is 62.1 Å². The third-order valence-corrected chi connectivity index (χ3v) is 11.6. The van der Waals surface area contributed by atoms with Gasteiger partial charge in [0.2, 0.25) is 0 Å². The van der Waals surface area contributed by atoms with Crippen LogP contribution in [0.2, 0.25) is 0 Å². The summed E-state index contributed by atoms with van der Waals surface area (Å²) in [5, 5.41) is 6.94. The van der Waals surface area contributed by atoms with Crippen molar-refractivity contribution in [2.24, 2.45) is 0 Å². The van der Waals surface area contributed by atoms with E-state index in [1.807, 2.05) is 60.7 Å². The van der Waals surface area contributed by atoms with Crippen LogP contribution in [0, 0.1) is 0 Å². The van der Waals surface area contributed by atoms with Gasteiger partial charge in [0.05, 0.1) is 16.7 Å². The van der Waals surface area contributed by atoms with E-state index in [-0.39, 0.29) is 0 Å². The molecule has 5 heteroatoms. The third-order valence-electron chi connectivity index (χ3n) is 11.6. The van der Waals surface area contributed by atoms with Crippen molar-refractivity contribution in [3.05, 3.63) is 206 Å². The molecular formula is C55H34N4O. The van der Waals surface area contributed by atoms with Gasteiger partial charge >= 0.3 is 0 Å². The fourth-order valence-electron chi connectivity index (χ4n) is 8.70. The molecule has 12 rings (SSSR count). The third kappa shape index (κ3) is 5.67. The van der Waals surface area contributed by atoms with Crippen molar-refractivity contribution < 1.29 is 4.42 Å². The van der Waals surface area contributed by atoms with Crippen LogP contribution in [0.5, 0.6) is 0 Å². The van der Waals surface area contributed by atoms with Crippen LogP contribution in [0.4, 0.5) is 0 Å². The minimum atomic E-state index is 0.595. The van der Waals surface area contributed by atoms with Crippen LogP contribution in [0.25, 0.3) is 117 Å². The van der Waals surface area contributed by atoms with Gasteiger partial charge in [0.25, 0.3) is 0 Å². The number of benzene rings is 9. The molecule has 9 aromatic carbocycles. The average Bonchev–Trinajstić information content (AvgIpc) is 3.86. The molecule has 3 heterocycles. The summed E-state index contributed by atoms with van der Waals surface area (Å²) in [6.45, 7) is 0. The summed E-state index contributed by atoms with van der Waals surface area (Å²) >= 11 is 0. The van der Waals surface area contributed by atoms with Crippen LogP contribution >= 0.6 is 0 Å². The monoisotopic (exact) mass is 766 g/mol. The first-order chi connectivity index (χ1) is 29.7. The Morgan fingerprint density at radius 3 is 1.62 bits per heavy atom. The number of hydrogen-bond donors (Lipinski definition) is 0. The van der Waals surface area contributed by atoms with Gasteiger partial charge in [0.1, 0.15) is 11.2 Å². The Kier molecular flexibility index (Phi) is 7.78. The zero-order valence-corrected chi connectivity index (χ0v) is 32.3. The number of para-hydroxylation sites is 2. The van der Waals surface area contributed by atoms with E-state index in [4.69, 9.17) is 19.4 Å². The lowest BCUT2D eigenvalue weighted by atomic mass is 9.97. The van der Waals surface area contributed by atoms with E-state index in [0.717, 1.165) is 72.0 Å². The van der Waals surface area contributed by atoms with Crippen molar-refractivity contribution >= 4 is 54.5 Å². The van der Waals surface area contributed by atoms with Crippen molar-refractivity contribution in [2.75, 3.05) is 0 Å². The predicted molar refractivity (Wildman–Crippen MR) is 246 cm³/mol. The summed E-state index contributed by atoms with van der Waals surface area (Å²) in [5.74, 6) is 1.80. The van der Waals surface area contributed by atoms with Gasteiger partial charge in [-0.25, -0.2) is 15.0 Å². The lowest BCUT2D eigenvalue weighted by Crippen LogP contribution is -2.02. The summed E-state index contributed by atoms with van der Waals surface area (Å²) in [6.07, 6.45) is 0. The van der Waals surface area contributed by atoms with Crippen molar-refractivity contribution in [3.63, 3.8) is 0 Å². The minimum absolute atomic E-state index is 0.595. The summed E-state index contributed by atoms with van der Waals surface area (Å²) in [7, 11) is 0. The van der Waals surface area contributed by atoms with E-state index in [1.165, 1.54) is 27.1 Å². The molecule has 0 bridgehead atoms. The van der Waals surface area contributed by atoms with Crippen LogP contribution in [0.3, 0.4) is 0 Å². The van der Waals surface area contributed by atoms with Crippen molar-refractivity contribution in [2.45, 2.75) is 0 Å². The molecule has 0 aliphatic rings. The Hall–Kier alpha value is -8.15. The molecule has 12 aromatic rings. The van der Waals surface area contributed by atoms with Crippen LogP contribution in [-0.4, -0.2) is 19.5 Å². The molecule has 0 saturated heterocycles. The average molecular weight is 767 g/mol. The first-order valence-corrected chi connectivity index (χ1v) is 20.2. The van der Waals surface area contributed by atoms with Crippen LogP contribution in [0.15, 0.2) is 211 Å². The van der Waals surface area contributed by atoms with Crippen LogP contribution in [-0.2, 0) is 0 Å². The molecule has 0 spiro atoms. The Labute approximate surface area is 345 Å². The fourth-order valence-corrected chi connectivity index (χ4v) is 8.70. The molecule has 280 valence electrons. The normalized spacial score (nSPS) is 11.7. The van der Waals surface area contributed by atoms with Crippen LogP contribution < -0.4 is 0 Å². The Morgan fingerprint density at radius 2 is 0.850 bits per heavy atom. The second kappa shape index (κ2) is 13.8. The van der Waals surface area contributed by atoms with Gasteiger partial charge < -0.3 is 8.98 Å². The summed E-state index contributed by atoms with van der Waals surface area (Å²) in [6, 6.07) is 72.4. The lowest BCUT2D eigenvalue weighted by Gasteiger charge is -2.17. The van der Waals surface area contributed by atoms with Gasteiger partial charge in [-0.3, -0.25) is 0 Å². The van der Waals surface area contributed by atoms with Gasteiger partial charge in [-0.2, -0.15) is 0 Å². The molecule has 0 amide bonds. The standard InChI is InChI=1S/C55H34N4O/c1-3-13-35(14-4-1)36-23-25-37(26-24-36)45-32-41(27-29-49(45)59-48-21-11-9-19-43(48)46-31-39-17-7-8-18-40(39)34-50(46)59)54-56-53(38-15-5-2-6-16-38)57-55(58-54)42-28-30-52-47(33-42)44-20-10-12-22-51(44)60-52/h1-34H. The summed E-state index contributed by atoms with van der Waals surface area (Å²) in [5.41, 5.74) is 12.3. The van der Waals surface area contributed by atoms with Gasteiger partial charge in [0, 0.05) is 43.8 Å². The van der Waals surface area contributed by atoms with E-state index >= 15 is 0 Å². The fraction of sp³-hybridized carbons (Fsp3) is 0. The molecule has 0 atom stereocenters. The maximum Gasteiger partial charge on any atom is 0.164 e. The number of rotatable bonds is 6. The van der Waals surface area contributed by atoms with Gasteiger partial charge in [-0.05, 0) is 88.1 Å². The largest absolute Gasteiger partial charge is 0.456 e. The summed E-state index contributed by atoms with van der Waals surface area (Å²) < 4.78 is 8.59. The van der Waals surface area contributed by atoms with Gasteiger partial charge in [-0.1, -0.05) is 146 Å². The van der Waals surface area contributed by atoms with E-state index < -0.39 is 0 Å². The molecule has 3 aromatic heterocycles. The molecule has 0 fully saturated rings. The molecule has 0 saturated carbocycles. The zero-order chi connectivity index (χ0) is 39.6. The molecule has 0 aliphatic heterocycles. The molecular weight excluding hydrogens is 733 g/mol.